The fourth-order valence-electron chi connectivity index (χ4n) is 3.79. The Morgan fingerprint density at radius 2 is 1.56 bits per heavy atom. The van der Waals surface area contributed by atoms with Crippen molar-refractivity contribution in [3.63, 3.8) is 0 Å². The molecular formula is C25H30N6O. The summed E-state index contributed by atoms with van der Waals surface area (Å²) in [4.78, 5) is 28.2. The van der Waals surface area contributed by atoms with Crippen molar-refractivity contribution in [1.82, 2.24) is 14.9 Å². The molecule has 1 aliphatic rings. The number of rotatable bonds is 5. The first-order valence-electron chi connectivity index (χ1n) is 10.9. The lowest BCUT2D eigenvalue weighted by atomic mass is 10.1. The van der Waals surface area contributed by atoms with Crippen molar-refractivity contribution in [3.8, 4) is 0 Å². The molecule has 2 aromatic carbocycles. The largest absolute Gasteiger partial charge is 0.378 e. The van der Waals surface area contributed by atoms with E-state index in [0.29, 0.717) is 13.1 Å². The zero-order valence-corrected chi connectivity index (χ0v) is 19.2. The molecule has 3 aromatic rings. The second-order valence-electron chi connectivity index (χ2n) is 8.37. The molecule has 0 bridgehead atoms. The lowest BCUT2D eigenvalue weighted by Gasteiger charge is -2.35. The number of aromatic nitrogens is 2. The maximum Gasteiger partial charge on any atom is 0.253 e. The fourth-order valence-corrected chi connectivity index (χ4v) is 3.79. The number of hydrogen-bond acceptors (Lipinski definition) is 6. The van der Waals surface area contributed by atoms with E-state index in [2.05, 4.69) is 39.2 Å². The summed E-state index contributed by atoms with van der Waals surface area (Å²) in [5.74, 6) is 2.46. The molecule has 1 fully saturated rings. The highest BCUT2D eigenvalue weighted by atomic mass is 16.2. The minimum absolute atomic E-state index is 0.0792. The van der Waals surface area contributed by atoms with Gasteiger partial charge in [-0.05, 0) is 50.2 Å². The molecule has 0 saturated carbocycles. The average molecular weight is 431 g/mol. The standard InChI is InChI=1S/C25H30N6O/c1-18-5-9-21(10-6-18)28-23-17-24(27-19(2)26-23)30-13-15-31(16-14-30)25(32)20-7-11-22(12-8-20)29(3)4/h5-12,17H,13-16H2,1-4H3,(H,26,27,28). The first-order valence-corrected chi connectivity index (χ1v) is 10.9. The normalized spacial score (nSPS) is 13.8. The molecule has 0 atom stereocenters. The van der Waals surface area contributed by atoms with Gasteiger partial charge in [0.05, 0.1) is 0 Å². The SMILES string of the molecule is Cc1ccc(Nc2cc(N3CCN(C(=O)c4ccc(N(C)C)cc4)CC3)nc(C)n2)cc1. The van der Waals surface area contributed by atoms with Crippen LogP contribution in [0.2, 0.25) is 0 Å². The van der Waals surface area contributed by atoms with E-state index in [0.717, 1.165) is 47.5 Å². The number of benzene rings is 2. The zero-order valence-electron chi connectivity index (χ0n) is 19.2. The summed E-state index contributed by atoms with van der Waals surface area (Å²) < 4.78 is 0. The predicted molar refractivity (Wildman–Crippen MR) is 130 cm³/mol. The van der Waals surface area contributed by atoms with Crippen molar-refractivity contribution in [2.45, 2.75) is 13.8 Å². The third-order valence-electron chi connectivity index (χ3n) is 5.67. The van der Waals surface area contributed by atoms with E-state index < -0.39 is 0 Å². The quantitative estimate of drug-likeness (QED) is 0.663. The molecule has 1 N–H and O–H groups in total. The minimum Gasteiger partial charge on any atom is -0.378 e. The molecule has 7 heteroatoms. The second kappa shape index (κ2) is 9.26. The van der Waals surface area contributed by atoms with Gasteiger partial charge in [0, 0.05) is 63.3 Å². The van der Waals surface area contributed by atoms with Crippen LogP contribution in [0.3, 0.4) is 0 Å². The van der Waals surface area contributed by atoms with Crippen LogP contribution in [0.4, 0.5) is 23.0 Å². The summed E-state index contributed by atoms with van der Waals surface area (Å²) in [6.45, 7) is 6.78. The molecule has 2 heterocycles. The van der Waals surface area contributed by atoms with Crippen molar-refractivity contribution in [3.05, 3.63) is 71.5 Å². The van der Waals surface area contributed by atoms with E-state index in [4.69, 9.17) is 0 Å². The first-order chi connectivity index (χ1) is 15.4. The van der Waals surface area contributed by atoms with E-state index in [1.807, 2.05) is 73.3 Å². The summed E-state index contributed by atoms with van der Waals surface area (Å²) in [5, 5.41) is 3.37. The number of carbonyl (C=O) groups is 1. The Morgan fingerprint density at radius 3 is 2.19 bits per heavy atom. The molecule has 32 heavy (non-hydrogen) atoms. The van der Waals surface area contributed by atoms with Crippen LogP contribution in [0.25, 0.3) is 0 Å². The number of anilines is 4. The molecule has 0 radical (unpaired) electrons. The van der Waals surface area contributed by atoms with Gasteiger partial charge in [-0.2, -0.15) is 0 Å². The molecule has 4 rings (SSSR count). The van der Waals surface area contributed by atoms with Crippen molar-refractivity contribution in [2.75, 3.05) is 55.4 Å². The topological polar surface area (TPSA) is 64.6 Å². The second-order valence-corrected chi connectivity index (χ2v) is 8.37. The number of carbonyl (C=O) groups excluding carboxylic acids is 1. The van der Waals surface area contributed by atoms with Crippen molar-refractivity contribution >= 4 is 28.9 Å². The zero-order chi connectivity index (χ0) is 22.7. The predicted octanol–water partition coefficient (Wildman–Crippen LogP) is 3.87. The van der Waals surface area contributed by atoms with Gasteiger partial charge < -0.3 is 20.0 Å². The third-order valence-corrected chi connectivity index (χ3v) is 5.67. The van der Waals surface area contributed by atoms with Gasteiger partial charge in [-0.25, -0.2) is 9.97 Å². The van der Waals surface area contributed by atoms with E-state index in [9.17, 15) is 4.79 Å². The van der Waals surface area contributed by atoms with Crippen LogP contribution in [0.1, 0.15) is 21.7 Å². The lowest BCUT2D eigenvalue weighted by molar-refractivity contribution is 0.0746. The Kier molecular flexibility index (Phi) is 6.25. The summed E-state index contributed by atoms with van der Waals surface area (Å²) >= 11 is 0. The van der Waals surface area contributed by atoms with Crippen LogP contribution < -0.4 is 15.1 Å². The summed E-state index contributed by atoms with van der Waals surface area (Å²) in [7, 11) is 3.99. The highest BCUT2D eigenvalue weighted by molar-refractivity contribution is 5.94. The van der Waals surface area contributed by atoms with Gasteiger partial charge in [0.1, 0.15) is 17.5 Å². The van der Waals surface area contributed by atoms with Gasteiger partial charge in [-0.1, -0.05) is 17.7 Å². The highest BCUT2D eigenvalue weighted by Gasteiger charge is 2.23. The van der Waals surface area contributed by atoms with E-state index in [1.54, 1.807) is 0 Å². The van der Waals surface area contributed by atoms with Gasteiger partial charge in [-0.15, -0.1) is 0 Å². The molecule has 0 aliphatic carbocycles. The summed E-state index contributed by atoms with van der Waals surface area (Å²) in [6.07, 6.45) is 0. The Balaban J connectivity index is 1.40. The van der Waals surface area contributed by atoms with Gasteiger partial charge in [0.15, 0.2) is 0 Å². The smallest absolute Gasteiger partial charge is 0.253 e. The lowest BCUT2D eigenvalue weighted by Crippen LogP contribution is -2.49. The van der Waals surface area contributed by atoms with Crippen molar-refractivity contribution in [1.29, 1.82) is 0 Å². The third kappa shape index (κ3) is 4.99. The fraction of sp³-hybridized carbons (Fsp3) is 0.320. The van der Waals surface area contributed by atoms with Crippen molar-refractivity contribution < 1.29 is 4.79 Å². The van der Waals surface area contributed by atoms with E-state index in [-0.39, 0.29) is 5.91 Å². The van der Waals surface area contributed by atoms with Crippen LogP contribution in [-0.4, -0.2) is 61.0 Å². The van der Waals surface area contributed by atoms with Crippen LogP contribution in [0, 0.1) is 13.8 Å². The summed E-state index contributed by atoms with van der Waals surface area (Å²) in [6, 6.07) is 18.0. The number of amides is 1. The summed E-state index contributed by atoms with van der Waals surface area (Å²) in [5.41, 5.74) is 4.03. The molecule has 166 valence electrons. The maximum atomic E-state index is 12.9. The van der Waals surface area contributed by atoms with Crippen LogP contribution >= 0.6 is 0 Å². The molecule has 1 aromatic heterocycles. The molecule has 1 saturated heterocycles. The van der Waals surface area contributed by atoms with Crippen LogP contribution in [-0.2, 0) is 0 Å². The van der Waals surface area contributed by atoms with Crippen LogP contribution in [0.15, 0.2) is 54.6 Å². The number of piperazine rings is 1. The maximum absolute atomic E-state index is 12.9. The van der Waals surface area contributed by atoms with E-state index >= 15 is 0 Å². The van der Waals surface area contributed by atoms with E-state index in [1.165, 1.54) is 5.56 Å². The van der Waals surface area contributed by atoms with Crippen molar-refractivity contribution in [2.24, 2.45) is 0 Å². The minimum atomic E-state index is 0.0792. The molecule has 0 unspecified atom stereocenters. The Bertz CT molecular complexity index is 1070. The van der Waals surface area contributed by atoms with Crippen LogP contribution in [0.5, 0.6) is 0 Å². The molecule has 1 amide bonds. The Labute approximate surface area is 189 Å². The molecule has 0 spiro atoms. The Morgan fingerprint density at radius 1 is 0.906 bits per heavy atom. The van der Waals surface area contributed by atoms with Gasteiger partial charge in [0.25, 0.3) is 5.91 Å². The number of aryl methyl sites for hydroxylation is 2. The van der Waals surface area contributed by atoms with Gasteiger partial charge in [-0.3, -0.25) is 4.79 Å². The Hall–Kier alpha value is -3.61. The number of hydrogen-bond donors (Lipinski definition) is 1. The molecular weight excluding hydrogens is 400 g/mol. The highest BCUT2D eigenvalue weighted by Crippen LogP contribution is 2.22. The number of nitrogens with zero attached hydrogens (tertiary/aromatic N) is 5. The number of nitrogens with one attached hydrogen (secondary N) is 1. The molecule has 1 aliphatic heterocycles. The monoisotopic (exact) mass is 430 g/mol. The van der Waals surface area contributed by atoms with Gasteiger partial charge >= 0.3 is 0 Å². The molecule has 7 nitrogen and oxygen atoms in total. The first kappa shape index (κ1) is 21.6. The van der Waals surface area contributed by atoms with Gasteiger partial charge in [0.2, 0.25) is 0 Å². The average Bonchev–Trinajstić information content (AvgIpc) is 2.80.